The summed E-state index contributed by atoms with van der Waals surface area (Å²) in [7, 11) is -1.69. The van der Waals surface area contributed by atoms with E-state index in [2.05, 4.69) is 16.8 Å². The first kappa shape index (κ1) is 22.0. The molecule has 1 amide bonds. The predicted octanol–water partition coefficient (Wildman–Crippen LogP) is 2.75. The average Bonchev–Trinajstić information content (AvgIpc) is 2.73. The van der Waals surface area contributed by atoms with Crippen molar-refractivity contribution >= 4 is 21.6 Å². The van der Waals surface area contributed by atoms with Crippen molar-refractivity contribution in [2.75, 3.05) is 45.2 Å². The van der Waals surface area contributed by atoms with E-state index in [4.69, 9.17) is 4.74 Å². The Morgan fingerprint density at radius 3 is 2.60 bits per heavy atom. The standard InChI is InChI=1S/C22H27N3O4S/c1-4-14-29-20-7-5-6-19(16-20)23-22(26)18-9-8-17(2)21(15-18)30(27,28)25-12-10-24(3)11-13-25/h4-9,15-16H,1,10-14H2,2-3H3,(H,23,26). The summed E-state index contributed by atoms with van der Waals surface area (Å²) in [5, 5.41) is 2.80. The number of anilines is 1. The minimum atomic E-state index is -3.66. The van der Waals surface area contributed by atoms with Crippen LogP contribution in [0.15, 0.2) is 60.0 Å². The molecule has 1 N–H and O–H groups in total. The predicted molar refractivity (Wildman–Crippen MR) is 118 cm³/mol. The van der Waals surface area contributed by atoms with E-state index in [-0.39, 0.29) is 16.4 Å². The first-order valence-corrected chi connectivity index (χ1v) is 11.2. The summed E-state index contributed by atoms with van der Waals surface area (Å²) in [6, 6.07) is 11.8. The van der Waals surface area contributed by atoms with Crippen molar-refractivity contribution in [3.05, 3.63) is 66.2 Å². The SMILES string of the molecule is C=CCOc1cccc(NC(=O)c2ccc(C)c(S(=O)(=O)N3CCN(C)CC3)c2)c1. The fourth-order valence-corrected chi connectivity index (χ4v) is 4.88. The zero-order valence-electron chi connectivity index (χ0n) is 17.3. The van der Waals surface area contributed by atoms with E-state index in [9.17, 15) is 13.2 Å². The molecule has 2 aromatic carbocycles. The number of hydrogen-bond acceptors (Lipinski definition) is 5. The molecule has 0 atom stereocenters. The van der Waals surface area contributed by atoms with Crippen LogP contribution in [-0.2, 0) is 10.0 Å². The zero-order chi connectivity index (χ0) is 21.7. The van der Waals surface area contributed by atoms with Gasteiger partial charge in [-0.3, -0.25) is 4.79 Å². The summed E-state index contributed by atoms with van der Waals surface area (Å²) >= 11 is 0. The lowest BCUT2D eigenvalue weighted by molar-refractivity contribution is 0.102. The summed E-state index contributed by atoms with van der Waals surface area (Å²) in [4.78, 5) is 15.0. The topological polar surface area (TPSA) is 78.9 Å². The molecule has 0 spiro atoms. The van der Waals surface area contributed by atoms with Crippen molar-refractivity contribution in [2.45, 2.75) is 11.8 Å². The quantitative estimate of drug-likeness (QED) is 0.685. The Balaban J connectivity index is 1.81. The number of benzene rings is 2. The Labute approximate surface area is 178 Å². The molecule has 160 valence electrons. The van der Waals surface area contributed by atoms with Crippen LogP contribution in [0.2, 0.25) is 0 Å². The maximum atomic E-state index is 13.1. The molecule has 7 nitrogen and oxygen atoms in total. The molecule has 0 aromatic heterocycles. The number of carbonyl (C=O) groups is 1. The van der Waals surface area contributed by atoms with Gasteiger partial charge in [0.2, 0.25) is 10.0 Å². The van der Waals surface area contributed by atoms with Crippen LogP contribution < -0.4 is 10.1 Å². The molecule has 1 saturated heterocycles. The molecule has 0 saturated carbocycles. The Kier molecular flexibility index (Phi) is 6.91. The lowest BCUT2D eigenvalue weighted by atomic mass is 10.1. The fourth-order valence-electron chi connectivity index (χ4n) is 3.21. The number of rotatable bonds is 7. The van der Waals surface area contributed by atoms with E-state index in [1.807, 2.05) is 7.05 Å². The summed E-state index contributed by atoms with van der Waals surface area (Å²) in [6.45, 7) is 7.95. The number of likely N-dealkylation sites (N-methyl/N-ethyl adjacent to an activating group) is 1. The number of piperazine rings is 1. The van der Waals surface area contributed by atoms with Gasteiger partial charge in [0.15, 0.2) is 0 Å². The Bertz CT molecular complexity index is 1030. The third kappa shape index (κ3) is 5.08. The van der Waals surface area contributed by atoms with Crippen LogP contribution in [-0.4, -0.2) is 63.4 Å². The third-order valence-electron chi connectivity index (χ3n) is 4.99. The van der Waals surface area contributed by atoms with Gasteiger partial charge in [0.05, 0.1) is 4.90 Å². The molecule has 1 fully saturated rings. The van der Waals surface area contributed by atoms with Crippen molar-refractivity contribution in [2.24, 2.45) is 0 Å². The van der Waals surface area contributed by atoms with Gasteiger partial charge < -0.3 is 15.0 Å². The monoisotopic (exact) mass is 429 g/mol. The molecule has 8 heteroatoms. The molecule has 1 aliphatic heterocycles. The van der Waals surface area contributed by atoms with Crippen LogP contribution in [0.4, 0.5) is 5.69 Å². The number of nitrogens with one attached hydrogen (secondary N) is 1. The van der Waals surface area contributed by atoms with E-state index >= 15 is 0 Å². The van der Waals surface area contributed by atoms with E-state index in [0.29, 0.717) is 49.8 Å². The van der Waals surface area contributed by atoms with Gasteiger partial charge in [0.1, 0.15) is 12.4 Å². The highest BCUT2D eigenvalue weighted by Crippen LogP contribution is 2.24. The van der Waals surface area contributed by atoms with Gasteiger partial charge in [-0.2, -0.15) is 4.31 Å². The molecule has 0 aliphatic carbocycles. The number of nitrogens with zero attached hydrogens (tertiary/aromatic N) is 2. The number of sulfonamides is 1. The van der Waals surface area contributed by atoms with Gasteiger partial charge in [-0.25, -0.2) is 8.42 Å². The zero-order valence-corrected chi connectivity index (χ0v) is 18.1. The highest BCUT2D eigenvalue weighted by Gasteiger charge is 2.29. The van der Waals surface area contributed by atoms with Gasteiger partial charge in [0.25, 0.3) is 5.91 Å². The van der Waals surface area contributed by atoms with Crippen LogP contribution >= 0.6 is 0 Å². The highest BCUT2D eigenvalue weighted by atomic mass is 32.2. The molecule has 0 bridgehead atoms. The van der Waals surface area contributed by atoms with Gasteiger partial charge >= 0.3 is 0 Å². The number of amides is 1. The maximum absolute atomic E-state index is 13.1. The van der Waals surface area contributed by atoms with Crippen LogP contribution in [0.5, 0.6) is 5.75 Å². The van der Waals surface area contributed by atoms with E-state index in [1.165, 1.54) is 10.4 Å². The number of hydrogen-bond donors (Lipinski definition) is 1. The van der Waals surface area contributed by atoms with Crippen LogP contribution in [0, 0.1) is 6.92 Å². The summed E-state index contributed by atoms with van der Waals surface area (Å²) in [5.74, 6) is 0.223. The summed E-state index contributed by atoms with van der Waals surface area (Å²) in [6.07, 6.45) is 1.64. The Morgan fingerprint density at radius 1 is 1.17 bits per heavy atom. The largest absolute Gasteiger partial charge is 0.489 e. The molecule has 0 radical (unpaired) electrons. The van der Waals surface area contributed by atoms with Crippen molar-refractivity contribution in [1.29, 1.82) is 0 Å². The van der Waals surface area contributed by atoms with Crippen molar-refractivity contribution in [3.63, 3.8) is 0 Å². The second-order valence-corrected chi connectivity index (χ2v) is 9.18. The molecule has 2 aromatic rings. The van der Waals surface area contributed by atoms with Gasteiger partial charge in [-0.15, -0.1) is 0 Å². The van der Waals surface area contributed by atoms with Crippen molar-refractivity contribution in [1.82, 2.24) is 9.21 Å². The first-order chi connectivity index (χ1) is 14.3. The lowest BCUT2D eigenvalue weighted by Crippen LogP contribution is -2.47. The third-order valence-corrected chi connectivity index (χ3v) is 7.03. The molecule has 1 heterocycles. The minimum Gasteiger partial charge on any atom is -0.489 e. The Morgan fingerprint density at radius 2 is 1.90 bits per heavy atom. The van der Waals surface area contributed by atoms with Crippen LogP contribution in [0.1, 0.15) is 15.9 Å². The van der Waals surface area contributed by atoms with Gasteiger partial charge in [-0.1, -0.05) is 24.8 Å². The first-order valence-electron chi connectivity index (χ1n) is 9.75. The normalized spacial score (nSPS) is 15.5. The van der Waals surface area contributed by atoms with Crippen LogP contribution in [0.25, 0.3) is 0 Å². The number of carbonyl (C=O) groups excluding carboxylic acids is 1. The molecular weight excluding hydrogens is 402 g/mol. The fraction of sp³-hybridized carbons (Fsp3) is 0.318. The highest BCUT2D eigenvalue weighted by molar-refractivity contribution is 7.89. The minimum absolute atomic E-state index is 0.169. The van der Waals surface area contributed by atoms with Crippen molar-refractivity contribution in [3.8, 4) is 5.75 Å². The molecule has 3 rings (SSSR count). The van der Waals surface area contributed by atoms with Crippen LogP contribution in [0.3, 0.4) is 0 Å². The summed E-state index contributed by atoms with van der Waals surface area (Å²) in [5.41, 5.74) is 1.46. The van der Waals surface area contributed by atoms with E-state index in [1.54, 1.807) is 49.4 Å². The Hall–Kier alpha value is -2.68. The van der Waals surface area contributed by atoms with Crippen molar-refractivity contribution < 1.29 is 17.9 Å². The molecular formula is C22H27N3O4S. The smallest absolute Gasteiger partial charge is 0.255 e. The second kappa shape index (κ2) is 9.42. The number of ether oxygens (including phenoxy) is 1. The second-order valence-electron chi connectivity index (χ2n) is 7.27. The summed E-state index contributed by atoms with van der Waals surface area (Å²) < 4.78 is 33.3. The van der Waals surface area contributed by atoms with Gasteiger partial charge in [0, 0.05) is 43.5 Å². The number of aryl methyl sites for hydroxylation is 1. The lowest BCUT2D eigenvalue weighted by Gasteiger charge is -2.32. The van der Waals surface area contributed by atoms with Gasteiger partial charge in [-0.05, 0) is 43.8 Å². The molecule has 30 heavy (non-hydrogen) atoms. The average molecular weight is 430 g/mol. The van der Waals surface area contributed by atoms with E-state index in [0.717, 1.165) is 0 Å². The molecule has 1 aliphatic rings. The van der Waals surface area contributed by atoms with E-state index < -0.39 is 10.0 Å². The molecule has 0 unspecified atom stereocenters. The maximum Gasteiger partial charge on any atom is 0.255 e.